The third-order valence-electron chi connectivity index (χ3n) is 5.25. The van der Waals surface area contributed by atoms with Crippen LogP contribution in [-0.2, 0) is 14.3 Å². The molecule has 2 aromatic rings. The number of nitrogens with one attached hydrogen (secondary N) is 1. The van der Waals surface area contributed by atoms with Crippen LogP contribution in [0.4, 0.5) is 14.5 Å². The second-order valence-electron chi connectivity index (χ2n) is 8.17. The molecule has 1 fully saturated rings. The minimum absolute atomic E-state index is 0.0696. The van der Waals surface area contributed by atoms with Crippen LogP contribution in [-0.4, -0.2) is 58.5 Å². The minimum Gasteiger partial charge on any atom is -0.479 e. The van der Waals surface area contributed by atoms with Gasteiger partial charge in [-0.3, -0.25) is 9.59 Å². The van der Waals surface area contributed by atoms with Gasteiger partial charge in [-0.15, -0.1) is 0 Å². The Balaban J connectivity index is 2.13. The summed E-state index contributed by atoms with van der Waals surface area (Å²) in [6, 6.07) is 5.19. The number of carboxylic acid groups (broad SMARTS) is 1. The van der Waals surface area contributed by atoms with E-state index in [0.29, 0.717) is 5.39 Å². The summed E-state index contributed by atoms with van der Waals surface area (Å²) in [4.78, 5) is 40.2. The summed E-state index contributed by atoms with van der Waals surface area (Å²) in [7, 11) is 0. The number of halogens is 2. The van der Waals surface area contributed by atoms with Gasteiger partial charge in [0.25, 0.3) is 5.91 Å². The molecule has 2 atom stereocenters. The summed E-state index contributed by atoms with van der Waals surface area (Å²) in [6.07, 6.45) is -1.79. The largest absolute Gasteiger partial charge is 0.479 e. The smallest absolute Gasteiger partial charge is 0.387 e. The first kappa shape index (κ1) is 22.6. The van der Waals surface area contributed by atoms with Crippen LogP contribution >= 0.6 is 0 Å². The van der Waals surface area contributed by atoms with Crippen LogP contribution in [0.2, 0.25) is 0 Å². The molecule has 0 saturated carbocycles. The molecule has 31 heavy (non-hydrogen) atoms. The van der Waals surface area contributed by atoms with E-state index in [1.807, 2.05) is 0 Å². The lowest BCUT2D eigenvalue weighted by Gasteiger charge is -2.44. The molecule has 9 nitrogen and oxygen atoms in total. The summed E-state index contributed by atoms with van der Waals surface area (Å²) in [5.74, 6) is -2.97. The van der Waals surface area contributed by atoms with Crippen LogP contribution in [0.25, 0.3) is 10.9 Å². The molecule has 0 unspecified atom stereocenters. The second-order valence-corrected chi connectivity index (χ2v) is 8.17. The topological polar surface area (TPSA) is 129 Å². The van der Waals surface area contributed by atoms with Crippen LogP contribution in [0.3, 0.4) is 0 Å². The molecule has 168 valence electrons. The number of aliphatic carboxylic acids is 1. The Hall–Kier alpha value is -3.05. The number of carbonyl (C=O) groups is 2. The molecule has 11 heteroatoms. The average Bonchev–Trinajstić information content (AvgIpc) is 2.65. The van der Waals surface area contributed by atoms with Crippen molar-refractivity contribution in [2.45, 2.75) is 39.1 Å². The van der Waals surface area contributed by atoms with Gasteiger partial charge in [0, 0.05) is 29.5 Å². The Labute approximate surface area is 175 Å². The van der Waals surface area contributed by atoms with Crippen molar-refractivity contribution >= 4 is 28.5 Å². The van der Waals surface area contributed by atoms with Crippen LogP contribution in [0, 0.1) is 5.41 Å². The van der Waals surface area contributed by atoms with Crippen molar-refractivity contribution in [1.29, 1.82) is 0 Å². The lowest BCUT2D eigenvalue weighted by molar-refractivity contribution is -0.203. The number of alkyl halides is 2. The van der Waals surface area contributed by atoms with Crippen molar-refractivity contribution in [2.75, 3.05) is 18.1 Å². The van der Waals surface area contributed by atoms with Crippen molar-refractivity contribution in [3.63, 3.8) is 0 Å². The van der Waals surface area contributed by atoms with Gasteiger partial charge in [0.15, 0.2) is 11.9 Å². The van der Waals surface area contributed by atoms with E-state index >= 15 is 0 Å². The number of morpholine rings is 1. The molecular weight excluding hydrogens is 418 g/mol. The first-order chi connectivity index (χ1) is 14.4. The Kier molecular flexibility index (Phi) is 5.76. The zero-order valence-electron chi connectivity index (χ0n) is 17.0. The number of hydrogen-bond acceptors (Lipinski definition) is 6. The van der Waals surface area contributed by atoms with E-state index in [0.717, 1.165) is 11.0 Å². The number of pyridine rings is 1. The van der Waals surface area contributed by atoms with E-state index in [4.69, 9.17) is 4.74 Å². The number of carboxylic acids is 1. The first-order valence-electron chi connectivity index (χ1n) is 9.37. The number of aliphatic hydroxyl groups is 1. The molecule has 3 N–H and O–H groups in total. The summed E-state index contributed by atoms with van der Waals surface area (Å²) in [5, 5.41) is 21.0. The number of H-pyrrole nitrogens is 1. The van der Waals surface area contributed by atoms with Crippen LogP contribution < -0.4 is 15.2 Å². The van der Waals surface area contributed by atoms with Crippen molar-refractivity contribution < 1.29 is 38.1 Å². The molecule has 0 aliphatic carbocycles. The number of aromatic amines is 1. The van der Waals surface area contributed by atoms with Gasteiger partial charge < -0.3 is 29.6 Å². The fourth-order valence-corrected chi connectivity index (χ4v) is 3.52. The van der Waals surface area contributed by atoms with Gasteiger partial charge in [0.05, 0.1) is 17.8 Å². The first-order valence-corrected chi connectivity index (χ1v) is 9.37. The van der Waals surface area contributed by atoms with E-state index < -0.39 is 46.9 Å². The van der Waals surface area contributed by atoms with Gasteiger partial charge in [-0.1, -0.05) is 20.8 Å². The zero-order chi connectivity index (χ0) is 23.1. The van der Waals surface area contributed by atoms with E-state index in [2.05, 4.69) is 9.72 Å². The SMILES string of the molecule is CC(C)(C)[C@](O)(C(=O)O)[C@H]1OCCN(c2cc3ccc(=O)[nH]c3cc2OC(F)F)C1=O. The highest BCUT2D eigenvalue weighted by Crippen LogP contribution is 2.40. The standard InChI is InChI=1S/C20H22F2N2O7/c1-19(2,3)20(29,17(27)28)15-16(26)24(6-7-30-15)12-8-10-4-5-14(25)23-11(10)9-13(12)31-18(21)22/h4-5,8-9,15,18,29H,6-7H2,1-3H3,(H,23,25)(H,27,28)/t15-,20+/m0/s1. The highest BCUT2D eigenvalue weighted by molar-refractivity contribution is 6.04. The lowest BCUT2D eigenvalue weighted by Crippen LogP contribution is -2.66. The van der Waals surface area contributed by atoms with Gasteiger partial charge >= 0.3 is 12.6 Å². The predicted molar refractivity (Wildman–Crippen MR) is 105 cm³/mol. The lowest BCUT2D eigenvalue weighted by atomic mass is 9.72. The quantitative estimate of drug-likeness (QED) is 0.646. The molecule has 0 spiro atoms. The molecule has 3 rings (SSSR count). The zero-order valence-corrected chi connectivity index (χ0v) is 17.0. The third kappa shape index (κ3) is 3.98. The van der Waals surface area contributed by atoms with Crippen molar-refractivity contribution in [1.82, 2.24) is 4.98 Å². The van der Waals surface area contributed by atoms with E-state index in [9.17, 15) is 33.4 Å². The Bertz CT molecular complexity index is 1080. The van der Waals surface area contributed by atoms with Crippen LogP contribution in [0.15, 0.2) is 29.1 Å². The molecule has 1 amide bonds. The number of ether oxygens (including phenoxy) is 2. The molecule has 2 heterocycles. The molecule has 1 aliphatic heterocycles. The van der Waals surface area contributed by atoms with E-state index in [1.165, 1.54) is 39.0 Å². The molecule has 1 aromatic carbocycles. The number of fused-ring (bicyclic) bond motifs is 1. The molecular formula is C20H22F2N2O7. The highest BCUT2D eigenvalue weighted by atomic mass is 19.3. The molecule has 1 saturated heterocycles. The normalized spacial score (nSPS) is 19.5. The maximum absolute atomic E-state index is 13.2. The monoisotopic (exact) mass is 440 g/mol. The Morgan fingerprint density at radius 2 is 1.97 bits per heavy atom. The minimum atomic E-state index is -3.22. The van der Waals surface area contributed by atoms with Gasteiger partial charge in [0.1, 0.15) is 0 Å². The summed E-state index contributed by atoms with van der Waals surface area (Å²) < 4.78 is 36.0. The number of hydrogen-bond donors (Lipinski definition) is 3. The number of carbonyl (C=O) groups excluding carboxylic acids is 1. The molecule has 1 aromatic heterocycles. The third-order valence-corrected chi connectivity index (χ3v) is 5.25. The highest BCUT2D eigenvalue weighted by Gasteiger charge is 2.59. The Morgan fingerprint density at radius 1 is 1.29 bits per heavy atom. The van der Waals surface area contributed by atoms with Crippen molar-refractivity contribution in [3.05, 3.63) is 34.6 Å². The molecule has 0 radical (unpaired) electrons. The number of nitrogens with zero attached hydrogens (tertiary/aromatic N) is 1. The predicted octanol–water partition coefficient (Wildman–Crippen LogP) is 1.72. The summed E-state index contributed by atoms with van der Waals surface area (Å²) in [5.41, 5.74) is -4.20. The Morgan fingerprint density at radius 3 is 2.55 bits per heavy atom. The van der Waals surface area contributed by atoms with Crippen LogP contribution in [0.1, 0.15) is 20.8 Å². The maximum Gasteiger partial charge on any atom is 0.387 e. The number of anilines is 1. The summed E-state index contributed by atoms with van der Waals surface area (Å²) in [6.45, 7) is 0.852. The second kappa shape index (κ2) is 7.89. The van der Waals surface area contributed by atoms with Gasteiger partial charge in [-0.05, 0) is 12.1 Å². The average molecular weight is 440 g/mol. The number of rotatable bonds is 5. The van der Waals surface area contributed by atoms with Crippen molar-refractivity contribution in [3.8, 4) is 5.75 Å². The fraction of sp³-hybridized carbons (Fsp3) is 0.450. The molecule has 1 aliphatic rings. The van der Waals surface area contributed by atoms with Crippen molar-refractivity contribution in [2.24, 2.45) is 5.41 Å². The molecule has 0 bridgehead atoms. The van der Waals surface area contributed by atoms with Gasteiger partial charge in [0.2, 0.25) is 11.2 Å². The number of amides is 1. The number of benzene rings is 1. The fourth-order valence-electron chi connectivity index (χ4n) is 3.52. The van der Waals surface area contributed by atoms with Gasteiger partial charge in [-0.25, -0.2) is 4.79 Å². The van der Waals surface area contributed by atoms with E-state index in [1.54, 1.807) is 0 Å². The number of aromatic nitrogens is 1. The summed E-state index contributed by atoms with van der Waals surface area (Å²) >= 11 is 0. The van der Waals surface area contributed by atoms with Crippen LogP contribution in [0.5, 0.6) is 5.75 Å². The maximum atomic E-state index is 13.2. The van der Waals surface area contributed by atoms with E-state index in [-0.39, 0.29) is 24.4 Å². The van der Waals surface area contributed by atoms with Gasteiger partial charge in [-0.2, -0.15) is 8.78 Å².